The molecule has 0 spiro atoms. The average Bonchev–Trinajstić information content (AvgIpc) is 2.16. The van der Waals surface area contributed by atoms with E-state index in [1.165, 1.54) is 6.07 Å². The van der Waals surface area contributed by atoms with Gasteiger partial charge in [-0.1, -0.05) is 5.92 Å². The molecule has 1 rings (SSSR count). The van der Waals surface area contributed by atoms with Crippen LogP contribution in [-0.4, -0.2) is 16.0 Å². The van der Waals surface area contributed by atoms with E-state index in [2.05, 4.69) is 10.9 Å². The Bertz CT molecular complexity index is 425. The summed E-state index contributed by atoms with van der Waals surface area (Å²) in [6.07, 6.45) is 4.57. The van der Waals surface area contributed by atoms with E-state index in [0.717, 1.165) is 6.07 Å². The lowest BCUT2D eigenvalue weighted by Gasteiger charge is -2.07. The molecular formula is C9H9N3O3. The van der Waals surface area contributed by atoms with Gasteiger partial charge in [-0.3, -0.25) is 10.1 Å². The summed E-state index contributed by atoms with van der Waals surface area (Å²) in [5.41, 5.74) is 5.19. The Kier molecular flexibility index (Phi) is 3.08. The number of hydrogen-bond donors (Lipinski definition) is 1. The van der Waals surface area contributed by atoms with Gasteiger partial charge in [-0.15, -0.1) is 6.42 Å². The van der Waals surface area contributed by atoms with Gasteiger partial charge in [0, 0.05) is 0 Å². The summed E-state index contributed by atoms with van der Waals surface area (Å²) in [4.78, 5) is 13.7. The third-order valence-electron chi connectivity index (χ3n) is 1.55. The van der Waals surface area contributed by atoms with Crippen LogP contribution in [0.5, 0.6) is 5.88 Å². The van der Waals surface area contributed by atoms with Gasteiger partial charge in [-0.2, -0.15) is 4.98 Å². The lowest BCUT2D eigenvalue weighted by atomic mass is 10.4. The highest BCUT2D eigenvalue weighted by atomic mass is 16.6. The summed E-state index contributed by atoms with van der Waals surface area (Å²) in [6.45, 7) is 1.62. The molecule has 0 saturated heterocycles. The molecule has 6 nitrogen and oxygen atoms in total. The molecule has 0 amide bonds. The first kappa shape index (κ1) is 10.8. The second-order valence-electron chi connectivity index (χ2n) is 2.77. The molecule has 1 unspecified atom stereocenters. The SMILES string of the molecule is C#CC(C)Oc1cc([N+](=O)[O-])cc(N)n1. The Labute approximate surface area is 86.2 Å². The molecule has 0 aliphatic carbocycles. The minimum atomic E-state index is -0.578. The monoisotopic (exact) mass is 207 g/mol. The van der Waals surface area contributed by atoms with Crippen LogP contribution in [0.3, 0.4) is 0 Å². The fourth-order valence-corrected chi connectivity index (χ4v) is 0.892. The minimum absolute atomic E-state index is 0.0171. The fraction of sp³-hybridized carbons (Fsp3) is 0.222. The van der Waals surface area contributed by atoms with Crippen molar-refractivity contribution < 1.29 is 9.66 Å². The zero-order valence-electron chi connectivity index (χ0n) is 8.01. The molecule has 0 saturated carbocycles. The smallest absolute Gasteiger partial charge is 0.278 e. The standard InChI is InChI=1S/C9H9N3O3/c1-3-6(2)15-9-5-7(12(13)14)4-8(10)11-9/h1,4-6H,2H3,(H2,10,11). The number of anilines is 1. The quantitative estimate of drug-likeness (QED) is 0.453. The molecule has 1 heterocycles. The van der Waals surface area contributed by atoms with Crippen LogP contribution in [0.2, 0.25) is 0 Å². The van der Waals surface area contributed by atoms with Crippen LogP contribution in [0.25, 0.3) is 0 Å². The molecule has 15 heavy (non-hydrogen) atoms. The van der Waals surface area contributed by atoms with E-state index in [-0.39, 0.29) is 17.4 Å². The zero-order chi connectivity index (χ0) is 11.4. The predicted octanol–water partition coefficient (Wildman–Crippen LogP) is 0.972. The number of ether oxygens (including phenoxy) is 1. The van der Waals surface area contributed by atoms with Gasteiger partial charge in [0.25, 0.3) is 5.69 Å². The maximum absolute atomic E-state index is 10.5. The van der Waals surface area contributed by atoms with Gasteiger partial charge >= 0.3 is 0 Å². The van der Waals surface area contributed by atoms with Crippen molar-refractivity contribution in [3.8, 4) is 18.2 Å². The number of terminal acetylenes is 1. The maximum Gasteiger partial charge on any atom is 0.278 e. The van der Waals surface area contributed by atoms with Crippen LogP contribution in [0.1, 0.15) is 6.92 Å². The van der Waals surface area contributed by atoms with Crippen molar-refractivity contribution in [3.63, 3.8) is 0 Å². The first-order valence-electron chi connectivity index (χ1n) is 4.07. The first-order chi connectivity index (χ1) is 7.02. The number of nitro groups is 1. The van der Waals surface area contributed by atoms with Crippen LogP contribution >= 0.6 is 0 Å². The van der Waals surface area contributed by atoms with Crippen LogP contribution in [0, 0.1) is 22.5 Å². The molecule has 1 aromatic heterocycles. The van der Waals surface area contributed by atoms with E-state index in [4.69, 9.17) is 16.9 Å². The van der Waals surface area contributed by atoms with E-state index in [1.54, 1.807) is 6.92 Å². The molecule has 0 aliphatic rings. The highest BCUT2D eigenvalue weighted by Crippen LogP contribution is 2.20. The number of aromatic nitrogens is 1. The summed E-state index contributed by atoms with van der Waals surface area (Å²) in [5, 5.41) is 10.5. The van der Waals surface area contributed by atoms with Crippen LogP contribution in [0.4, 0.5) is 11.5 Å². The van der Waals surface area contributed by atoms with Gasteiger partial charge in [-0.05, 0) is 6.92 Å². The summed E-state index contributed by atoms with van der Waals surface area (Å²) in [6, 6.07) is 2.32. The van der Waals surface area contributed by atoms with E-state index in [1.807, 2.05) is 0 Å². The highest BCUT2D eigenvalue weighted by Gasteiger charge is 2.11. The third-order valence-corrected chi connectivity index (χ3v) is 1.55. The van der Waals surface area contributed by atoms with Gasteiger partial charge in [0.2, 0.25) is 5.88 Å². The van der Waals surface area contributed by atoms with Crippen molar-refractivity contribution in [1.82, 2.24) is 4.98 Å². The second-order valence-corrected chi connectivity index (χ2v) is 2.77. The molecule has 0 aliphatic heterocycles. The maximum atomic E-state index is 10.5. The van der Waals surface area contributed by atoms with Crippen LogP contribution in [-0.2, 0) is 0 Å². The molecule has 6 heteroatoms. The Morgan fingerprint density at radius 2 is 2.40 bits per heavy atom. The molecule has 1 atom stereocenters. The Morgan fingerprint density at radius 1 is 1.73 bits per heavy atom. The lowest BCUT2D eigenvalue weighted by Crippen LogP contribution is -2.10. The topological polar surface area (TPSA) is 91.3 Å². The third kappa shape index (κ3) is 2.84. The van der Waals surface area contributed by atoms with Gasteiger partial charge in [0.15, 0.2) is 6.10 Å². The summed E-state index contributed by atoms with van der Waals surface area (Å²) < 4.78 is 5.10. The Morgan fingerprint density at radius 3 is 2.93 bits per heavy atom. The van der Waals surface area contributed by atoms with Crippen LogP contribution < -0.4 is 10.5 Å². The largest absolute Gasteiger partial charge is 0.461 e. The highest BCUT2D eigenvalue weighted by molar-refractivity contribution is 5.45. The summed E-state index contributed by atoms with van der Waals surface area (Å²) >= 11 is 0. The number of pyridine rings is 1. The summed E-state index contributed by atoms with van der Waals surface area (Å²) in [5.74, 6) is 2.37. The van der Waals surface area contributed by atoms with Gasteiger partial charge < -0.3 is 10.5 Å². The first-order valence-corrected chi connectivity index (χ1v) is 4.07. The number of rotatable bonds is 3. The van der Waals surface area contributed by atoms with E-state index < -0.39 is 11.0 Å². The number of nitrogens with zero attached hydrogens (tertiary/aromatic N) is 2. The molecule has 1 aromatic rings. The normalized spacial score (nSPS) is 11.5. The minimum Gasteiger partial charge on any atom is -0.461 e. The average molecular weight is 207 g/mol. The predicted molar refractivity (Wildman–Crippen MR) is 54.2 cm³/mol. The number of nitrogen functional groups attached to an aromatic ring is 1. The number of nitrogens with two attached hydrogens (primary N) is 1. The molecule has 0 radical (unpaired) electrons. The molecule has 0 bridgehead atoms. The van der Waals surface area contributed by atoms with Crippen molar-refractivity contribution in [2.75, 3.05) is 5.73 Å². The van der Waals surface area contributed by atoms with Crippen LogP contribution in [0.15, 0.2) is 12.1 Å². The Balaban J connectivity index is 3.00. The molecule has 78 valence electrons. The lowest BCUT2D eigenvalue weighted by molar-refractivity contribution is -0.384. The van der Waals surface area contributed by atoms with E-state index in [0.29, 0.717) is 0 Å². The molecule has 0 fully saturated rings. The molecule has 2 N–H and O–H groups in total. The fourth-order valence-electron chi connectivity index (χ4n) is 0.892. The van der Waals surface area contributed by atoms with Gasteiger partial charge in [0.1, 0.15) is 5.82 Å². The molecule has 0 aromatic carbocycles. The van der Waals surface area contributed by atoms with Crippen molar-refractivity contribution in [3.05, 3.63) is 22.2 Å². The molecular weight excluding hydrogens is 198 g/mol. The Hall–Kier alpha value is -2.29. The van der Waals surface area contributed by atoms with E-state index in [9.17, 15) is 10.1 Å². The zero-order valence-corrected chi connectivity index (χ0v) is 8.01. The van der Waals surface area contributed by atoms with Gasteiger partial charge in [0.05, 0.1) is 17.1 Å². The van der Waals surface area contributed by atoms with Crippen molar-refractivity contribution >= 4 is 11.5 Å². The van der Waals surface area contributed by atoms with Crippen molar-refractivity contribution in [1.29, 1.82) is 0 Å². The van der Waals surface area contributed by atoms with Gasteiger partial charge in [-0.25, -0.2) is 0 Å². The van der Waals surface area contributed by atoms with Crippen molar-refractivity contribution in [2.45, 2.75) is 13.0 Å². The second kappa shape index (κ2) is 4.28. The van der Waals surface area contributed by atoms with E-state index >= 15 is 0 Å². The summed E-state index contributed by atoms with van der Waals surface area (Å²) in [7, 11) is 0. The number of hydrogen-bond acceptors (Lipinski definition) is 5. The van der Waals surface area contributed by atoms with Crippen molar-refractivity contribution in [2.24, 2.45) is 0 Å².